The van der Waals surface area contributed by atoms with Crippen LogP contribution < -0.4 is 10.1 Å². The van der Waals surface area contributed by atoms with Gasteiger partial charge in [-0.2, -0.15) is 0 Å². The molecule has 6 heteroatoms. The van der Waals surface area contributed by atoms with Gasteiger partial charge in [0.25, 0.3) is 0 Å². The molecule has 3 aromatic rings. The van der Waals surface area contributed by atoms with Crippen LogP contribution in [0.3, 0.4) is 0 Å². The first-order chi connectivity index (χ1) is 13.1. The van der Waals surface area contributed by atoms with E-state index in [0.717, 1.165) is 22.2 Å². The molecule has 4 rings (SSSR count). The SMILES string of the molecule is COc1ccc(NC(=O)C2(C)COC(c3ccco3)OC2)c2ccccc12. The number of benzene rings is 2. The summed E-state index contributed by atoms with van der Waals surface area (Å²) in [4.78, 5) is 13.0. The Hall–Kier alpha value is -2.83. The number of hydrogen-bond acceptors (Lipinski definition) is 5. The van der Waals surface area contributed by atoms with Crippen LogP contribution in [0, 0.1) is 5.41 Å². The molecule has 2 heterocycles. The van der Waals surface area contributed by atoms with Crippen LogP contribution in [0.1, 0.15) is 19.0 Å². The molecule has 27 heavy (non-hydrogen) atoms. The van der Waals surface area contributed by atoms with Crippen LogP contribution in [0.25, 0.3) is 10.8 Å². The number of ether oxygens (including phenoxy) is 3. The van der Waals surface area contributed by atoms with E-state index >= 15 is 0 Å². The Balaban J connectivity index is 1.52. The Bertz CT molecular complexity index is 942. The molecule has 0 unspecified atom stereocenters. The van der Waals surface area contributed by atoms with Crippen LogP contribution in [-0.2, 0) is 14.3 Å². The topological polar surface area (TPSA) is 69.9 Å². The number of hydrogen-bond donors (Lipinski definition) is 1. The van der Waals surface area contributed by atoms with E-state index in [1.807, 2.05) is 43.3 Å². The fourth-order valence-corrected chi connectivity index (χ4v) is 3.16. The zero-order chi connectivity index (χ0) is 18.9. The minimum atomic E-state index is -0.801. The standard InChI is InChI=1S/C21H21NO5/c1-21(12-26-19(27-13-21)18-8-5-11-25-18)20(23)22-16-9-10-17(24-2)15-7-4-3-6-14(15)16/h3-11,19H,12-13H2,1-2H3,(H,22,23). The predicted octanol–water partition coefficient (Wildman–Crippen LogP) is 4.13. The van der Waals surface area contributed by atoms with Gasteiger partial charge in [0.1, 0.15) is 5.75 Å². The molecular formula is C21H21NO5. The van der Waals surface area contributed by atoms with Gasteiger partial charge in [-0.05, 0) is 31.2 Å². The lowest BCUT2D eigenvalue weighted by Crippen LogP contribution is -2.45. The van der Waals surface area contributed by atoms with Gasteiger partial charge in [0.15, 0.2) is 5.76 Å². The first kappa shape index (κ1) is 17.6. The van der Waals surface area contributed by atoms with Gasteiger partial charge in [0.05, 0.1) is 32.0 Å². The van der Waals surface area contributed by atoms with Gasteiger partial charge in [-0.25, -0.2) is 0 Å². The largest absolute Gasteiger partial charge is 0.496 e. The van der Waals surface area contributed by atoms with Crippen molar-refractivity contribution >= 4 is 22.4 Å². The van der Waals surface area contributed by atoms with Crippen molar-refractivity contribution in [2.75, 3.05) is 25.6 Å². The Labute approximate surface area is 157 Å². The minimum Gasteiger partial charge on any atom is -0.496 e. The molecule has 0 spiro atoms. The van der Waals surface area contributed by atoms with Crippen LogP contribution in [-0.4, -0.2) is 26.2 Å². The smallest absolute Gasteiger partial charge is 0.235 e. The first-order valence-corrected chi connectivity index (χ1v) is 8.74. The van der Waals surface area contributed by atoms with Gasteiger partial charge in [0, 0.05) is 16.5 Å². The second-order valence-electron chi connectivity index (χ2n) is 6.85. The number of nitrogens with one attached hydrogen (secondary N) is 1. The van der Waals surface area contributed by atoms with E-state index in [1.54, 1.807) is 25.5 Å². The highest BCUT2D eigenvalue weighted by Gasteiger charge is 2.40. The van der Waals surface area contributed by atoms with E-state index in [0.29, 0.717) is 5.76 Å². The number of fused-ring (bicyclic) bond motifs is 1. The zero-order valence-electron chi connectivity index (χ0n) is 15.2. The molecule has 1 amide bonds. The van der Waals surface area contributed by atoms with Crippen molar-refractivity contribution in [3.8, 4) is 5.75 Å². The summed E-state index contributed by atoms with van der Waals surface area (Å²) in [6, 6.07) is 15.0. The number of furan rings is 1. The molecule has 0 atom stereocenters. The molecule has 1 aromatic heterocycles. The van der Waals surface area contributed by atoms with Crippen LogP contribution >= 0.6 is 0 Å². The molecule has 0 saturated carbocycles. The maximum Gasteiger partial charge on any atom is 0.235 e. The first-order valence-electron chi connectivity index (χ1n) is 8.74. The third-order valence-corrected chi connectivity index (χ3v) is 4.78. The third-order valence-electron chi connectivity index (χ3n) is 4.78. The van der Waals surface area contributed by atoms with Crippen molar-refractivity contribution in [2.45, 2.75) is 13.2 Å². The summed E-state index contributed by atoms with van der Waals surface area (Å²) in [6.45, 7) is 2.29. The molecule has 1 fully saturated rings. The van der Waals surface area contributed by atoms with Crippen LogP contribution in [0.4, 0.5) is 5.69 Å². The maximum atomic E-state index is 13.0. The highest BCUT2D eigenvalue weighted by atomic mass is 16.7. The van der Waals surface area contributed by atoms with Crippen LogP contribution in [0.2, 0.25) is 0 Å². The molecule has 140 valence electrons. The average Bonchev–Trinajstić information content (AvgIpc) is 3.23. The second-order valence-corrected chi connectivity index (χ2v) is 6.85. The van der Waals surface area contributed by atoms with Crippen molar-refractivity contribution in [3.63, 3.8) is 0 Å². The molecule has 1 aliphatic rings. The molecule has 1 N–H and O–H groups in total. The average molecular weight is 367 g/mol. The minimum absolute atomic E-state index is 0.157. The fourth-order valence-electron chi connectivity index (χ4n) is 3.16. The van der Waals surface area contributed by atoms with Crippen molar-refractivity contribution in [1.82, 2.24) is 0 Å². The number of rotatable bonds is 4. The molecule has 2 aromatic carbocycles. The van der Waals surface area contributed by atoms with E-state index in [-0.39, 0.29) is 19.1 Å². The van der Waals surface area contributed by atoms with Gasteiger partial charge in [-0.1, -0.05) is 24.3 Å². The summed E-state index contributed by atoms with van der Waals surface area (Å²) in [6.07, 6.45) is 0.986. The van der Waals surface area contributed by atoms with Crippen molar-refractivity contribution in [3.05, 3.63) is 60.6 Å². The van der Waals surface area contributed by atoms with E-state index in [2.05, 4.69) is 5.32 Å². The summed E-state index contributed by atoms with van der Waals surface area (Å²) in [5.41, 5.74) is -0.0739. The molecule has 0 aliphatic carbocycles. The molecular weight excluding hydrogens is 346 g/mol. The lowest BCUT2D eigenvalue weighted by Gasteiger charge is -2.35. The number of anilines is 1. The van der Waals surface area contributed by atoms with E-state index in [9.17, 15) is 4.79 Å². The third kappa shape index (κ3) is 3.29. The molecule has 6 nitrogen and oxygen atoms in total. The van der Waals surface area contributed by atoms with Crippen molar-refractivity contribution < 1.29 is 23.4 Å². The quantitative estimate of drug-likeness (QED) is 0.751. The van der Waals surface area contributed by atoms with Gasteiger partial charge in [0.2, 0.25) is 12.2 Å². The summed E-state index contributed by atoms with van der Waals surface area (Å²) in [5.74, 6) is 1.20. The van der Waals surface area contributed by atoms with Crippen LogP contribution in [0.15, 0.2) is 59.2 Å². The number of amides is 1. The van der Waals surface area contributed by atoms with E-state index < -0.39 is 11.7 Å². The molecule has 0 radical (unpaired) electrons. The van der Waals surface area contributed by atoms with Gasteiger partial charge in [-0.15, -0.1) is 0 Å². The summed E-state index contributed by atoms with van der Waals surface area (Å²) in [5, 5.41) is 4.88. The highest BCUT2D eigenvalue weighted by molar-refractivity contribution is 6.05. The monoisotopic (exact) mass is 367 g/mol. The fraction of sp³-hybridized carbons (Fsp3) is 0.286. The van der Waals surface area contributed by atoms with Gasteiger partial charge >= 0.3 is 0 Å². The van der Waals surface area contributed by atoms with Crippen LogP contribution in [0.5, 0.6) is 5.75 Å². The Morgan fingerprint density at radius 2 is 1.81 bits per heavy atom. The number of carbonyl (C=O) groups excluding carboxylic acids is 1. The van der Waals surface area contributed by atoms with Crippen molar-refractivity contribution in [2.24, 2.45) is 5.41 Å². The normalized spacial score (nSPS) is 22.5. The van der Waals surface area contributed by atoms with Gasteiger partial charge in [-0.3, -0.25) is 4.79 Å². The van der Waals surface area contributed by atoms with Gasteiger partial charge < -0.3 is 23.9 Å². The lowest BCUT2D eigenvalue weighted by atomic mass is 9.90. The summed E-state index contributed by atoms with van der Waals surface area (Å²) >= 11 is 0. The predicted molar refractivity (Wildman–Crippen MR) is 101 cm³/mol. The van der Waals surface area contributed by atoms with E-state index in [4.69, 9.17) is 18.6 Å². The molecule has 1 aliphatic heterocycles. The Morgan fingerprint density at radius 3 is 2.48 bits per heavy atom. The Morgan fingerprint density at radius 1 is 1.07 bits per heavy atom. The summed E-state index contributed by atoms with van der Waals surface area (Å²) < 4.78 is 22.2. The highest BCUT2D eigenvalue weighted by Crippen LogP contribution is 2.35. The molecule has 1 saturated heterocycles. The maximum absolute atomic E-state index is 13.0. The van der Waals surface area contributed by atoms with E-state index in [1.165, 1.54) is 0 Å². The number of carbonyl (C=O) groups is 1. The second kappa shape index (κ2) is 7.06. The number of methoxy groups -OCH3 is 1. The Kier molecular flexibility index (Phi) is 4.59. The lowest BCUT2D eigenvalue weighted by molar-refractivity contribution is -0.232. The summed E-state index contributed by atoms with van der Waals surface area (Å²) in [7, 11) is 1.63. The zero-order valence-corrected chi connectivity index (χ0v) is 15.2. The van der Waals surface area contributed by atoms with Crippen molar-refractivity contribution in [1.29, 1.82) is 0 Å². The molecule has 0 bridgehead atoms.